The van der Waals surface area contributed by atoms with E-state index < -0.39 is 17.1 Å². The first kappa shape index (κ1) is 26.4. The summed E-state index contributed by atoms with van der Waals surface area (Å²) in [6.45, 7) is 4.42. The summed E-state index contributed by atoms with van der Waals surface area (Å²) < 4.78 is 17.4. The lowest BCUT2D eigenvalue weighted by molar-refractivity contribution is -0.151. The minimum Gasteiger partial charge on any atom is -0.508 e. The maximum atomic E-state index is 13.3. The van der Waals surface area contributed by atoms with Crippen LogP contribution in [0, 0.1) is 5.92 Å². The summed E-state index contributed by atoms with van der Waals surface area (Å²) in [4.78, 5) is 33.7. The molecule has 1 heterocycles. The molecule has 192 valence electrons. The Morgan fingerprint density at radius 1 is 1.00 bits per heavy atom. The predicted molar refractivity (Wildman–Crippen MR) is 129 cm³/mol. The van der Waals surface area contributed by atoms with Crippen LogP contribution in [-0.2, 0) is 14.3 Å². The highest BCUT2D eigenvalue weighted by atomic mass is 16.5. The number of phenols is 3. The lowest BCUT2D eigenvalue weighted by Gasteiger charge is -2.33. The van der Waals surface area contributed by atoms with Gasteiger partial charge in [0.25, 0.3) is 5.97 Å². The first-order valence-corrected chi connectivity index (χ1v) is 11.3. The molecule has 1 aliphatic rings. The van der Waals surface area contributed by atoms with Crippen molar-refractivity contribution in [3.05, 3.63) is 46.6 Å². The third kappa shape index (κ3) is 6.26. The fraction of sp³-hybridized carbons (Fsp3) is 0.346. The normalized spacial score (nSPS) is 19.1. The summed E-state index contributed by atoms with van der Waals surface area (Å²) in [7, 11) is 0. The summed E-state index contributed by atoms with van der Waals surface area (Å²) in [5, 5.41) is 37.0. The fourth-order valence-electron chi connectivity index (χ4n) is 4.16. The average Bonchev–Trinajstić information content (AvgIpc) is 2.77. The van der Waals surface area contributed by atoms with E-state index in [4.69, 9.17) is 23.8 Å². The van der Waals surface area contributed by atoms with Gasteiger partial charge in [-0.25, -0.2) is 0 Å². The molecule has 0 bridgehead atoms. The molecule has 4 N–H and O–H groups in total. The van der Waals surface area contributed by atoms with Crippen LogP contribution in [0.3, 0.4) is 0 Å². The van der Waals surface area contributed by atoms with E-state index in [0.29, 0.717) is 24.8 Å². The number of aromatic hydroxyl groups is 3. The zero-order valence-corrected chi connectivity index (χ0v) is 20.1. The highest BCUT2D eigenvalue weighted by molar-refractivity contribution is 5.88. The number of rotatable bonds is 4. The summed E-state index contributed by atoms with van der Waals surface area (Å²) >= 11 is 0. The molecule has 1 aromatic heterocycles. The number of benzene rings is 2. The third-order valence-corrected chi connectivity index (χ3v) is 5.69. The average molecular weight is 501 g/mol. The van der Waals surface area contributed by atoms with E-state index in [9.17, 15) is 24.9 Å². The number of ether oxygens (including phenoxy) is 2. The lowest BCUT2D eigenvalue weighted by Crippen LogP contribution is -2.36. The van der Waals surface area contributed by atoms with E-state index in [1.54, 1.807) is 12.1 Å². The number of carbonyl (C=O) groups is 2. The van der Waals surface area contributed by atoms with Crippen LogP contribution in [0.25, 0.3) is 22.3 Å². The SMILES string of the molecule is CC(=O)O.CC(=O)OC1CCC(Oc2c(-c3ccc(O)cc3)oc3cc(O)cc(O)c3c2=O)C[C@H]1C. The number of esters is 1. The quantitative estimate of drug-likeness (QED) is 0.382. The molecule has 4 rings (SSSR count). The first-order valence-electron chi connectivity index (χ1n) is 11.3. The standard InChI is InChI=1S/C24H24O8.C2H4O2/c1-12-9-17(7-8-19(12)30-13(2)25)31-24-22(29)21-18(28)10-16(27)11-20(21)32-23(24)14-3-5-15(26)6-4-14;1-2(3)4/h3-6,10-12,17,19,26-28H,7-9H2,1-2H3;1H3,(H,3,4)/t12-,17?,19?;/m1./s1. The molecule has 2 unspecified atom stereocenters. The van der Waals surface area contributed by atoms with E-state index in [0.717, 1.165) is 13.0 Å². The highest BCUT2D eigenvalue weighted by Crippen LogP contribution is 2.38. The second kappa shape index (κ2) is 11.0. The lowest BCUT2D eigenvalue weighted by atomic mass is 9.86. The molecule has 3 atom stereocenters. The number of carboxylic acids is 1. The van der Waals surface area contributed by atoms with Gasteiger partial charge in [-0.3, -0.25) is 14.4 Å². The van der Waals surface area contributed by atoms with Gasteiger partial charge in [-0.15, -0.1) is 0 Å². The summed E-state index contributed by atoms with van der Waals surface area (Å²) in [5.74, 6) is -1.68. The van der Waals surface area contributed by atoms with E-state index in [1.807, 2.05) is 6.92 Å². The van der Waals surface area contributed by atoms with Crippen molar-refractivity contribution in [2.75, 3.05) is 0 Å². The van der Waals surface area contributed by atoms with Crippen molar-refractivity contribution in [1.82, 2.24) is 0 Å². The van der Waals surface area contributed by atoms with Crippen molar-refractivity contribution in [3.63, 3.8) is 0 Å². The molecule has 1 saturated carbocycles. The van der Waals surface area contributed by atoms with Gasteiger partial charge < -0.3 is 34.3 Å². The number of hydrogen-bond acceptors (Lipinski definition) is 9. The van der Waals surface area contributed by atoms with Crippen LogP contribution in [-0.4, -0.2) is 44.6 Å². The van der Waals surface area contributed by atoms with Gasteiger partial charge in [0, 0.05) is 31.5 Å². The van der Waals surface area contributed by atoms with Crippen molar-refractivity contribution in [2.45, 2.75) is 52.2 Å². The Labute approximate surface area is 206 Å². The fourth-order valence-corrected chi connectivity index (χ4v) is 4.16. The largest absolute Gasteiger partial charge is 0.508 e. The van der Waals surface area contributed by atoms with E-state index in [-0.39, 0.29) is 58.1 Å². The van der Waals surface area contributed by atoms with Crippen molar-refractivity contribution in [3.8, 4) is 34.3 Å². The van der Waals surface area contributed by atoms with Gasteiger partial charge in [0.1, 0.15) is 34.3 Å². The summed E-state index contributed by atoms with van der Waals surface area (Å²) in [6, 6.07) is 8.38. The molecule has 1 aliphatic carbocycles. The Balaban J connectivity index is 0.000000840. The van der Waals surface area contributed by atoms with Crippen LogP contribution in [0.4, 0.5) is 0 Å². The minimum atomic E-state index is -0.833. The smallest absolute Gasteiger partial charge is 0.302 e. The van der Waals surface area contributed by atoms with Crippen LogP contribution in [0.2, 0.25) is 0 Å². The van der Waals surface area contributed by atoms with Gasteiger partial charge in [-0.2, -0.15) is 0 Å². The molecule has 10 nitrogen and oxygen atoms in total. The number of fused-ring (bicyclic) bond motifs is 1. The predicted octanol–water partition coefficient (Wildman–Crippen LogP) is 4.17. The molecule has 0 aliphatic heterocycles. The number of carbonyl (C=O) groups excluding carboxylic acids is 1. The molecule has 0 amide bonds. The molecular weight excluding hydrogens is 472 g/mol. The number of phenolic OH excluding ortho intramolecular Hbond substituents is 3. The van der Waals surface area contributed by atoms with Crippen LogP contribution in [0.1, 0.15) is 40.0 Å². The zero-order chi connectivity index (χ0) is 26.6. The Kier molecular flexibility index (Phi) is 8.08. The van der Waals surface area contributed by atoms with Gasteiger partial charge in [0.15, 0.2) is 5.76 Å². The van der Waals surface area contributed by atoms with Gasteiger partial charge in [0.2, 0.25) is 11.2 Å². The van der Waals surface area contributed by atoms with Crippen molar-refractivity contribution in [1.29, 1.82) is 0 Å². The number of aliphatic carboxylic acids is 1. The molecule has 0 spiro atoms. The topological polar surface area (TPSA) is 164 Å². The molecule has 1 fully saturated rings. The maximum absolute atomic E-state index is 13.3. The Hall–Kier alpha value is -4.21. The Morgan fingerprint density at radius 2 is 1.64 bits per heavy atom. The zero-order valence-electron chi connectivity index (χ0n) is 20.1. The first-order chi connectivity index (χ1) is 17.0. The highest BCUT2D eigenvalue weighted by Gasteiger charge is 2.32. The monoisotopic (exact) mass is 500 g/mol. The molecule has 0 radical (unpaired) electrons. The molecule has 3 aromatic rings. The number of hydrogen-bond donors (Lipinski definition) is 4. The molecule has 0 saturated heterocycles. The van der Waals surface area contributed by atoms with Crippen LogP contribution < -0.4 is 10.2 Å². The van der Waals surface area contributed by atoms with Crippen LogP contribution >= 0.6 is 0 Å². The minimum absolute atomic E-state index is 0.00913. The van der Waals surface area contributed by atoms with Crippen molar-refractivity contribution >= 4 is 22.9 Å². The number of carboxylic acid groups (broad SMARTS) is 1. The summed E-state index contributed by atoms with van der Waals surface area (Å²) in [5.41, 5.74) is -0.0715. The Bertz CT molecular complexity index is 1310. The van der Waals surface area contributed by atoms with E-state index in [2.05, 4.69) is 0 Å². The van der Waals surface area contributed by atoms with Crippen LogP contribution in [0.5, 0.6) is 23.0 Å². The van der Waals surface area contributed by atoms with Gasteiger partial charge >= 0.3 is 5.97 Å². The maximum Gasteiger partial charge on any atom is 0.302 e. The molecular formula is C26H28O10. The van der Waals surface area contributed by atoms with Gasteiger partial charge in [-0.1, -0.05) is 6.92 Å². The molecule has 2 aromatic carbocycles. The Morgan fingerprint density at radius 3 is 2.22 bits per heavy atom. The molecule has 10 heteroatoms. The summed E-state index contributed by atoms with van der Waals surface area (Å²) in [6.07, 6.45) is 1.19. The van der Waals surface area contributed by atoms with E-state index in [1.165, 1.54) is 25.1 Å². The van der Waals surface area contributed by atoms with Crippen molar-refractivity contribution < 1.29 is 43.9 Å². The second-order valence-corrected chi connectivity index (χ2v) is 8.67. The third-order valence-electron chi connectivity index (χ3n) is 5.69. The van der Waals surface area contributed by atoms with Crippen LogP contribution in [0.15, 0.2) is 45.6 Å². The second-order valence-electron chi connectivity index (χ2n) is 8.67. The van der Waals surface area contributed by atoms with Gasteiger partial charge in [0.05, 0.1) is 6.10 Å². The van der Waals surface area contributed by atoms with Gasteiger partial charge in [-0.05, 0) is 49.4 Å². The van der Waals surface area contributed by atoms with E-state index >= 15 is 0 Å². The van der Waals surface area contributed by atoms with Crippen molar-refractivity contribution in [2.24, 2.45) is 5.92 Å². The molecule has 36 heavy (non-hydrogen) atoms.